The second-order valence-corrected chi connectivity index (χ2v) is 4.83. The minimum absolute atomic E-state index is 0.607. The van der Waals surface area contributed by atoms with E-state index in [1.807, 2.05) is 6.07 Å². The van der Waals surface area contributed by atoms with Gasteiger partial charge in [0.1, 0.15) is 0 Å². The summed E-state index contributed by atoms with van der Waals surface area (Å²) in [5, 5.41) is 3.61. The maximum Gasteiger partial charge on any atom is 0.164 e. The number of nitrogens with one attached hydrogen (secondary N) is 1. The van der Waals surface area contributed by atoms with Crippen molar-refractivity contribution < 1.29 is 9.47 Å². The van der Waals surface area contributed by atoms with Crippen LogP contribution in [0.3, 0.4) is 0 Å². The maximum absolute atomic E-state index is 5.51. The van der Waals surface area contributed by atoms with E-state index in [0.29, 0.717) is 6.04 Å². The summed E-state index contributed by atoms with van der Waals surface area (Å²) in [5.41, 5.74) is 2.72. The molecule has 1 atom stereocenters. The van der Waals surface area contributed by atoms with Crippen LogP contribution in [0.5, 0.6) is 11.5 Å². The van der Waals surface area contributed by atoms with Crippen LogP contribution in [-0.2, 0) is 12.8 Å². The topological polar surface area (TPSA) is 30.5 Å². The van der Waals surface area contributed by atoms with Gasteiger partial charge in [0.2, 0.25) is 0 Å². The number of hydrogen-bond donors (Lipinski definition) is 1. The molecule has 1 aromatic rings. The van der Waals surface area contributed by atoms with E-state index in [-0.39, 0.29) is 0 Å². The van der Waals surface area contributed by atoms with E-state index in [9.17, 15) is 0 Å². The Morgan fingerprint density at radius 3 is 2.78 bits per heavy atom. The zero-order valence-electron chi connectivity index (χ0n) is 11.6. The molecule has 3 heteroatoms. The first-order valence-corrected chi connectivity index (χ1v) is 6.76. The normalized spacial score (nSPS) is 18.3. The molecule has 0 radical (unpaired) electrons. The van der Waals surface area contributed by atoms with Crippen LogP contribution in [0.25, 0.3) is 0 Å². The predicted octanol–water partition coefficient (Wildman–Crippen LogP) is 2.56. The van der Waals surface area contributed by atoms with Crippen LogP contribution >= 0.6 is 0 Å². The van der Waals surface area contributed by atoms with E-state index < -0.39 is 0 Å². The van der Waals surface area contributed by atoms with Gasteiger partial charge >= 0.3 is 0 Å². The molecule has 0 aromatic heterocycles. The Morgan fingerprint density at radius 1 is 1.28 bits per heavy atom. The van der Waals surface area contributed by atoms with Crippen molar-refractivity contribution in [2.24, 2.45) is 0 Å². The Kier molecular flexibility index (Phi) is 4.48. The summed E-state index contributed by atoms with van der Waals surface area (Å²) in [5.74, 6) is 1.76. The van der Waals surface area contributed by atoms with Crippen LogP contribution in [0, 0.1) is 0 Å². The van der Waals surface area contributed by atoms with Crippen LogP contribution in [0.4, 0.5) is 0 Å². The molecule has 0 saturated carbocycles. The summed E-state index contributed by atoms with van der Waals surface area (Å²) in [6, 6.07) is 4.80. The van der Waals surface area contributed by atoms with E-state index in [4.69, 9.17) is 9.47 Å². The predicted molar refractivity (Wildman–Crippen MR) is 73.7 cm³/mol. The molecule has 18 heavy (non-hydrogen) atoms. The average molecular weight is 249 g/mol. The van der Waals surface area contributed by atoms with Gasteiger partial charge in [-0.1, -0.05) is 13.0 Å². The summed E-state index contributed by atoms with van der Waals surface area (Å²) < 4.78 is 10.9. The third kappa shape index (κ3) is 2.61. The zero-order valence-corrected chi connectivity index (χ0v) is 11.6. The van der Waals surface area contributed by atoms with E-state index in [2.05, 4.69) is 18.3 Å². The van der Waals surface area contributed by atoms with Gasteiger partial charge < -0.3 is 14.8 Å². The monoisotopic (exact) mass is 249 g/mol. The lowest BCUT2D eigenvalue weighted by atomic mass is 9.87. The molecule has 0 spiro atoms. The van der Waals surface area contributed by atoms with Crippen molar-refractivity contribution in [3.8, 4) is 11.5 Å². The zero-order chi connectivity index (χ0) is 13.0. The molecule has 3 nitrogen and oxygen atoms in total. The van der Waals surface area contributed by atoms with Crippen molar-refractivity contribution in [1.82, 2.24) is 5.32 Å². The fraction of sp³-hybridized carbons (Fsp3) is 0.600. The highest BCUT2D eigenvalue weighted by molar-refractivity contribution is 5.52. The molecule has 1 aromatic carbocycles. The van der Waals surface area contributed by atoms with Gasteiger partial charge in [0.05, 0.1) is 14.2 Å². The van der Waals surface area contributed by atoms with Crippen LogP contribution in [0.15, 0.2) is 12.1 Å². The lowest BCUT2D eigenvalue weighted by Crippen LogP contribution is -2.35. The second kappa shape index (κ2) is 6.10. The van der Waals surface area contributed by atoms with E-state index in [1.54, 1.807) is 14.2 Å². The van der Waals surface area contributed by atoms with Gasteiger partial charge in [-0.25, -0.2) is 0 Å². The molecular formula is C15H23NO2. The summed E-state index contributed by atoms with van der Waals surface area (Å²) in [4.78, 5) is 0. The number of hydrogen-bond acceptors (Lipinski definition) is 3. The van der Waals surface area contributed by atoms with Crippen molar-refractivity contribution in [2.75, 3.05) is 20.8 Å². The first kappa shape index (κ1) is 13.2. The van der Waals surface area contributed by atoms with E-state index in [0.717, 1.165) is 30.9 Å². The van der Waals surface area contributed by atoms with Crippen molar-refractivity contribution in [3.05, 3.63) is 23.3 Å². The Balaban J connectivity index is 2.19. The molecule has 1 aliphatic rings. The third-order valence-electron chi connectivity index (χ3n) is 3.64. The number of ether oxygens (including phenoxy) is 2. The van der Waals surface area contributed by atoms with Crippen LogP contribution in [0.2, 0.25) is 0 Å². The second-order valence-electron chi connectivity index (χ2n) is 4.83. The minimum Gasteiger partial charge on any atom is -0.493 e. The molecule has 0 bridgehead atoms. The Labute approximate surface area is 109 Å². The fourth-order valence-corrected chi connectivity index (χ4v) is 2.71. The highest BCUT2D eigenvalue weighted by Crippen LogP contribution is 2.37. The molecule has 100 valence electrons. The molecule has 1 N–H and O–H groups in total. The molecule has 0 amide bonds. The van der Waals surface area contributed by atoms with Crippen molar-refractivity contribution in [2.45, 2.75) is 38.6 Å². The number of rotatable bonds is 5. The minimum atomic E-state index is 0.607. The van der Waals surface area contributed by atoms with Gasteiger partial charge in [0.25, 0.3) is 0 Å². The van der Waals surface area contributed by atoms with E-state index >= 15 is 0 Å². The number of benzene rings is 1. The summed E-state index contributed by atoms with van der Waals surface area (Å²) in [7, 11) is 3.41. The SMILES string of the molecule is CCCNC1CCc2c(ccc(OC)c2OC)C1. The first-order valence-electron chi connectivity index (χ1n) is 6.76. The first-order chi connectivity index (χ1) is 8.80. The lowest BCUT2D eigenvalue weighted by molar-refractivity contribution is 0.346. The van der Waals surface area contributed by atoms with Crippen LogP contribution < -0.4 is 14.8 Å². The van der Waals surface area contributed by atoms with Gasteiger partial charge in [-0.15, -0.1) is 0 Å². The number of methoxy groups -OCH3 is 2. The summed E-state index contributed by atoms with van der Waals surface area (Å²) in [6.45, 7) is 3.31. The molecule has 1 unspecified atom stereocenters. The van der Waals surface area contributed by atoms with Gasteiger partial charge in [0, 0.05) is 11.6 Å². The van der Waals surface area contributed by atoms with Gasteiger partial charge in [-0.2, -0.15) is 0 Å². The largest absolute Gasteiger partial charge is 0.493 e. The van der Waals surface area contributed by atoms with Gasteiger partial charge in [0.15, 0.2) is 11.5 Å². The van der Waals surface area contributed by atoms with Crippen molar-refractivity contribution >= 4 is 0 Å². The highest BCUT2D eigenvalue weighted by Gasteiger charge is 2.22. The van der Waals surface area contributed by atoms with E-state index in [1.165, 1.54) is 24.0 Å². The lowest BCUT2D eigenvalue weighted by Gasteiger charge is -2.27. The standard InChI is InChI=1S/C15H23NO2/c1-4-9-16-12-6-7-13-11(10-12)5-8-14(17-2)15(13)18-3/h5,8,12,16H,4,6-7,9-10H2,1-3H3. The molecule has 0 saturated heterocycles. The molecule has 1 aliphatic carbocycles. The smallest absolute Gasteiger partial charge is 0.164 e. The van der Waals surface area contributed by atoms with Crippen LogP contribution in [-0.4, -0.2) is 26.8 Å². The van der Waals surface area contributed by atoms with Crippen molar-refractivity contribution in [1.29, 1.82) is 0 Å². The third-order valence-corrected chi connectivity index (χ3v) is 3.64. The highest BCUT2D eigenvalue weighted by atomic mass is 16.5. The molecule has 2 rings (SSSR count). The molecule has 0 aliphatic heterocycles. The molecular weight excluding hydrogens is 226 g/mol. The number of fused-ring (bicyclic) bond motifs is 1. The Morgan fingerprint density at radius 2 is 2.11 bits per heavy atom. The summed E-state index contributed by atoms with van der Waals surface area (Å²) >= 11 is 0. The molecule has 0 heterocycles. The Hall–Kier alpha value is -1.22. The molecule has 0 fully saturated rings. The maximum atomic E-state index is 5.51. The van der Waals surface area contributed by atoms with Gasteiger partial charge in [-0.05, 0) is 43.9 Å². The van der Waals surface area contributed by atoms with Crippen LogP contribution in [0.1, 0.15) is 30.9 Å². The average Bonchev–Trinajstić information content (AvgIpc) is 2.43. The quantitative estimate of drug-likeness (QED) is 0.870. The Bertz CT molecular complexity index is 404. The fourth-order valence-electron chi connectivity index (χ4n) is 2.71. The van der Waals surface area contributed by atoms with Gasteiger partial charge in [-0.3, -0.25) is 0 Å². The summed E-state index contributed by atoms with van der Waals surface area (Å²) in [6.07, 6.45) is 4.53. The van der Waals surface area contributed by atoms with Crippen molar-refractivity contribution in [3.63, 3.8) is 0 Å².